The second kappa shape index (κ2) is 4.78. The number of rotatable bonds is 3. The Morgan fingerprint density at radius 1 is 1.06 bits per heavy atom. The van der Waals surface area contributed by atoms with Crippen LogP contribution in [0.15, 0.2) is 48.8 Å². The van der Waals surface area contributed by atoms with E-state index in [1.807, 2.05) is 43.3 Å². The van der Waals surface area contributed by atoms with Crippen molar-refractivity contribution in [2.24, 2.45) is 0 Å². The maximum atomic E-state index is 12.1. The Morgan fingerprint density at radius 3 is 2.29 bits per heavy atom. The summed E-state index contributed by atoms with van der Waals surface area (Å²) in [7, 11) is 3.94. The summed E-state index contributed by atoms with van der Waals surface area (Å²) < 4.78 is 0. The third kappa shape index (κ3) is 2.50. The van der Waals surface area contributed by atoms with Gasteiger partial charge in [0.25, 0.3) is 0 Å². The number of hydrogen-bond donors (Lipinski definition) is 0. The summed E-state index contributed by atoms with van der Waals surface area (Å²) in [6.07, 6.45) is 3.24. The molecule has 0 aliphatic heterocycles. The van der Waals surface area contributed by atoms with Crippen LogP contribution in [0.5, 0.6) is 0 Å². The molecule has 0 bridgehead atoms. The summed E-state index contributed by atoms with van der Waals surface area (Å²) in [5, 5.41) is 0. The van der Waals surface area contributed by atoms with Gasteiger partial charge in [-0.1, -0.05) is 0 Å². The molecule has 0 spiro atoms. The van der Waals surface area contributed by atoms with Crippen molar-refractivity contribution in [3.63, 3.8) is 0 Å². The number of aromatic nitrogens is 1. The Labute approximate surface area is 101 Å². The van der Waals surface area contributed by atoms with E-state index in [4.69, 9.17) is 0 Å². The Morgan fingerprint density at radius 2 is 1.76 bits per heavy atom. The molecule has 3 nitrogen and oxygen atoms in total. The topological polar surface area (TPSA) is 33.2 Å². The maximum absolute atomic E-state index is 12.1. The molecule has 0 atom stereocenters. The Hall–Kier alpha value is -2.16. The number of pyridine rings is 1. The lowest BCUT2D eigenvalue weighted by molar-refractivity contribution is 0.103. The largest absolute Gasteiger partial charge is 0.378 e. The molecule has 0 amide bonds. The summed E-state index contributed by atoms with van der Waals surface area (Å²) >= 11 is 0. The molecule has 0 fully saturated rings. The highest BCUT2D eigenvalue weighted by Crippen LogP contribution is 2.14. The van der Waals surface area contributed by atoms with Gasteiger partial charge in [-0.3, -0.25) is 9.78 Å². The normalized spacial score (nSPS) is 10.0. The van der Waals surface area contributed by atoms with Crippen molar-refractivity contribution in [3.05, 3.63) is 59.9 Å². The first-order valence-corrected chi connectivity index (χ1v) is 5.40. The van der Waals surface area contributed by atoms with Crippen molar-refractivity contribution in [1.29, 1.82) is 0 Å². The molecule has 1 aromatic carbocycles. The van der Waals surface area contributed by atoms with Gasteiger partial charge in [-0.2, -0.15) is 0 Å². The van der Waals surface area contributed by atoms with E-state index < -0.39 is 0 Å². The molecule has 0 aliphatic rings. The van der Waals surface area contributed by atoms with Crippen molar-refractivity contribution in [3.8, 4) is 0 Å². The number of nitrogens with zero attached hydrogens (tertiary/aromatic N) is 2. The molecule has 0 radical (unpaired) electrons. The van der Waals surface area contributed by atoms with Crippen molar-refractivity contribution in [2.45, 2.75) is 0 Å². The first-order valence-electron chi connectivity index (χ1n) is 5.40. The van der Waals surface area contributed by atoms with Crippen LogP contribution in [0.4, 0.5) is 5.69 Å². The van der Waals surface area contributed by atoms with Crippen LogP contribution in [0, 0.1) is 0 Å². The van der Waals surface area contributed by atoms with E-state index in [0.29, 0.717) is 11.1 Å². The Bertz CT molecular complexity index is 504. The van der Waals surface area contributed by atoms with Gasteiger partial charge in [0.05, 0.1) is 0 Å². The van der Waals surface area contributed by atoms with Gasteiger partial charge in [0.2, 0.25) is 0 Å². The molecular formula is C14H14N2O. The fourth-order valence-corrected chi connectivity index (χ4v) is 1.57. The molecule has 0 saturated heterocycles. The molecule has 3 heteroatoms. The highest BCUT2D eigenvalue weighted by atomic mass is 16.1. The van der Waals surface area contributed by atoms with Crippen LogP contribution in [0.3, 0.4) is 0 Å². The maximum Gasteiger partial charge on any atom is 0.194 e. The summed E-state index contributed by atoms with van der Waals surface area (Å²) in [5.41, 5.74) is 2.38. The molecule has 0 aliphatic carbocycles. The van der Waals surface area contributed by atoms with Crippen LogP contribution < -0.4 is 4.90 Å². The van der Waals surface area contributed by atoms with Crippen LogP contribution in [-0.4, -0.2) is 24.9 Å². The molecule has 86 valence electrons. The predicted octanol–water partition coefficient (Wildman–Crippen LogP) is 2.38. The molecule has 17 heavy (non-hydrogen) atoms. The van der Waals surface area contributed by atoms with E-state index in [0.717, 1.165) is 5.69 Å². The standard InChI is InChI=1S/C14H14N2O/c1-16(2)13-7-5-11(6-8-13)14(17)12-4-3-9-15-10-12/h3-10H,1-2H3. The minimum Gasteiger partial charge on any atom is -0.378 e. The summed E-state index contributed by atoms with van der Waals surface area (Å²) in [5.74, 6) is 0.00315. The van der Waals surface area contributed by atoms with E-state index in [-0.39, 0.29) is 5.78 Å². The Balaban J connectivity index is 2.27. The molecule has 1 aromatic heterocycles. The first-order chi connectivity index (χ1) is 8.18. The van der Waals surface area contributed by atoms with Gasteiger partial charge >= 0.3 is 0 Å². The van der Waals surface area contributed by atoms with Crippen LogP contribution >= 0.6 is 0 Å². The van der Waals surface area contributed by atoms with Crippen LogP contribution in [-0.2, 0) is 0 Å². The van der Waals surface area contributed by atoms with Gasteiger partial charge < -0.3 is 4.90 Å². The predicted molar refractivity (Wildman–Crippen MR) is 68.4 cm³/mol. The molecule has 1 heterocycles. The molecule has 0 N–H and O–H groups in total. The highest BCUT2D eigenvalue weighted by molar-refractivity contribution is 6.08. The number of benzene rings is 1. The zero-order valence-electron chi connectivity index (χ0n) is 9.92. The zero-order valence-corrected chi connectivity index (χ0v) is 9.92. The molecule has 2 rings (SSSR count). The number of hydrogen-bond acceptors (Lipinski definition) is 3. The van der Waals surface area contributed by atoms with E-state index in [2.05, 4.69) is 4.98 Å². The zero-order chi connectivity index (χ0) is 12.3. The highest BCUT2D eigenvalue weighted by Gasteiger charge is 2.08. The summed E-state index contributed by atoms with van der Waals surface area (Å²) in [6, 6.07) is 11.1. The van der Waals surface area contributed by atoms with E-state index in [9.17, 15) is 4.79 Å². The number of ketones is 1. The summed E-state index contributed by atoms with van der Waals surface area (Å²) in [4.78, 5) is 18.0. The Kier molecular flexibility index (Phi) is 3.19. The van der Waals surface area contributed by atoms with E-state index >= 15 is 0 Å². The third-order valence-corrected chi connectivity index (χ3v) is 2.57. The molecule has 0 saturated carbocycles. The minimum atomic E-state index is 0.00315. The van der Waals surface area contributed by atoms with E-state index in [1.54, 1.807) is 24.5 Å². The van der Waals surface area contributed by atoms with Gasteiger partial charge in [-0.05, 0) is 36.4 Å². The van der Waals surface area contributed by atoms with Crippen LogP contribution in [0.25, 0.3) is 0 Å². The van der Waals surface area contributed by atoms with Crippen LogP contribution in [0.1, 0.15) is 15.9 Å². The first kappa shape index (κ1) is 11.3. The molecule has 0 unspecified atom stereocenters. The van der Waals surface area contributed by atoms with E-state index in [1.165, 1.54) is 0 Å². The smallest absolute Gasteiger partial charge is 0.194 e. The fraction of sp³-hybridized carbons (Fsp3) is 0.143. The molecular weight excluding hydrogens is 212 g/mol. The lowest BCUT2D eigenvalue weighted by Gasteiger charge is -2.12. The van der Waals surface area contributed by atoms with Crippen LogP contribution in [0.2, 0.25) is 0 Å². The van der Waals surface area contributed by atoms with Crippen molar-refractivity contribution in [2.75, 3.05) is 19.0 Å². The second-order valence-electron chi connectivity index (χ2n) is 4.01. The van der Waals surface area contributed by atoms with Gasteiger partial charge in [-0.15, -0.1) is 0 Å². The fourth-order valence-electron chi connectivity index (χ4n) is 1.57. The quantitative estimate of drug-likeness (QED) is 0.753. The van der Waals surface area contributed by atoms with Gasteiger partial charge in [0, 0.05) is 43.3 Å². The van der Waals surface area contributed by atoms with Crippen molar-refractivity contribution in [1.82, 2.24) is 4.98 Å². The lowest BCUT2D eigenvalue weighted by atomic mass is 10.0. The lowest BCUT2D eigenvalue weighted by Crippen LogP contribution is -2.09. The van der Waals surface area contributed by atoms with Gasteiger partial charge in [0.15, 0.2) is 5.78 Å². The number of carbonyl (C=O) groups excluding carboxylic acids is 1. The van der Waals surface area contributed by atoms with Gasteiger partial charge in [0.1, 0.15) is 0 Å². The summed E-state index contributed by atoms with van der Waals surface area (Å²) in [6.45, 7) is 0. The SMILES string of the molecule is CN(C)c1ccc(C(=O)c2cccnc2)cc1. The second-order valence-corrected chi connectivity index (χ2v) is 4.01. The molecule has 2 aromatic rings. The average Bonchev–Trinajstić information content (AvgIpc) is 2.39. The monoisotopic (exact) mass is 226 g/mol. The van der Waals surface area contributed by atoms with Gasteiger partial charge in [-0.25, -0.2) is 0 Å². The number of carbonyl (C=O) groups is 1. The van der Waals surface area contributed by atoms with Crippen molar-refractivity contribution >= 4 is 11.5 Å². The number of anilines is 1. The average molecular weight is 226 g/mol. The van der Waals surface area contributed by atoms with Crippen molar-refractivity contribution < 1.29 is 4.79 Å². The third-order valence-electron chi connectivity index (χ3n) is 2.57. The minimum absolute atomic E-state index is 0.00315.